The van der Waals surface area contributed by atoms with E-state index >= 15 is 0 Å². The number of halogens is 2. The van der Waals surface area contributed by atoms with Gasteiger partial charge < -0.3 is 4.90 Å². The van der Waals surface area contributed by atoms with E-state index in [9.17, 15) is 22.0 Å². The minimum atomic E-state index is -3.75. The monoisotopic (exact) mass is 394 g/mol. The van der Waals surface area contributed by atoms with Crippen LogP contribution in [0.5, 0.6) is 0 Å². The van der Waals surface area contributed by atoms with Gasteiger partial charge in [0, 0.05) is 32.1 Å². The SMILES string of the molecule is CS(=O)(=O)N(CCC(=O)N1CCc2ccccc2C1)c1ccc(F)c(F)c1. The number of nitrogens with zero attached hydrogens (tertiary/aromatic N) is 2. The Balaban J connectivity index is 1.71. The molecule has 0 aliphatic carbocycles. The lowest BCUT2D eigenvalue weighted by molar-refractivity contribution is -0.131. The number of carbonyl (C=O) groups excluding carboxylic acids is 1. The lowest BCUT2D eigenvalue weighted by atomic mass is 10.00. The van der Waals surface area contributed by atoms with Crippen molar-refractivity contribution in [3.05, 3.63) is 65.2 Å². The van der Waals surface area contributed by atoms with Crippen LogP contribution in [0.4, 0.5) is 14.5 Å². The van der Waals surface area contributed by atoms with Gasteiger partial charge in [-0.15, -0.1) is 0 Å². The molecule has 8 heteroatoms. The normalized spacial score (nSPS) is 14.0. The van der Waals surface area contributed by atoms with E-state index in [0.29, 0.717) is 13.1 Å². The molecule has 1 amide bonds. The molecular weight excluding hydrogens is 374 g/mol. The van der Waals surface area contributed by atoms with E-state index in [4.69, 9.17) is 0 Å². The molecule has 0 N–H and O–H groups in total. The molecule has 0 unspecified atom stereocenters. The lowest BCUT2D eigenvalue weighted by Crippen LogP contribution is -2.39. The number of rotatable bonds is 5. The van der Waals surface area contributed by atoms with Crippen molar-refractivity contribution >= 4 is 21.6 Å². The van der Waals surface area contributed by atoms with E-state index in [1.807, 2.05) is 24.3 Å². The van der Waals surface area contributed by atoms with E-state index in [2.05, 4.69) is 0 Å². The summed E-state index contributed by atoms with van der Waals surface area (Å²) in [7, 11) is -3.75. The highest BCUT2D eigenvalue weighted by molar-refractivity contribution is 7.92. The van der Waals surface area contributed by atoms with E-state index in [1.54, 1.807) is 4.90 Å². The third kappa shape index (κ3) is 4.44. The first-order valence-electron chi connectivity index (χ1n) is 8.53. The fourth-order valence-corrected chi connectivity index (χ4v) is 4.11. The van der Waals surface area contributed by atoms with Crippen molar-refractivity contribution in [1.82, 2.24) is 4.90 Å². The highest BCUT2D eigenvalue weighted by atomic mass is 32.2. The average Bonchev–Trinajstić information content (AvgIpc) is 2.63. The Morgan fingerprint density at radius 3 is 2.48 bits per heavy atom. The zero-order valence-electron chi connectivity index (χ0n) is 14.9. The molecule has 3 rings (SSSR count). The van der Waals surface area contributed by atoms with Crippen LogP contribution < -0.4 is 4.31 Å². The summed E-state index contributed by atoms with van der Waals surface area (Å²) in [6.07, 6.45) is 1.67. The zero-order valence-corrected chi connectivity index (χ0v) is 15.7. The summed E-state index contributed by atoms with van der Waals surface area (Å²) in [5, 5.41) is 0. The fraction of sp³-hybridized carbons (Fsp3) is 0.316. The van der Waals surface area contributed by atoms with Crippen LogP contribution in [0.1, 0.15) is 17.5 Å². The van der Waals surface area contributed by atoms with Gasteiger partial charge >= 0.3 is 0 Å². The lowest BCUT2D eigenvalue weighted by Gasteiger charge is -2.30. The van der Waals surface area contributed by atoms with Gasteiger partial charge in [0.05, 0.1) is 11.9 Å². The number of benzene rings is 2. The number of sulfonamides is 1. The number of carbonyl (C=O) groups is 1. The standard InChI is InChI=1S/C19H20F2N2O3S/c1-27(25,26)23(16-6-7-17(20)18(21)12-16)11-9-19(24)22-10-8-14-4-2-3-5-15(14)13-22/h2-7,12H,8-11,13H2,1H3. The Bertz CT molecular complexity index is 963. The Labute approximate surface area is 157 Å². The number of anilines is 1. The molecule has 0 fully saturated rings. The van der Waals surface area contributed by atoms with Crippen molar-refractivity contribution in [3.8, 4) is 0 Å². The number of hydrogen-bond donors (Lipinski definition) is 0. The Morgan fingerprint density at radius 2 is 1.81 bits per heavy atom. The van der Waals surface area contributed by atoms with Crippen LogP contribution >= 0.6 is 0 Å². The first kappa shape index (κ1) is 19.3. The molecule has 2 aromatic rings. The molecule has 0 saturated heterocycles. The van der Waals surface area contributed by atoms with Gasteiger partial charge in [0.2, 0.25) is 15.9 Å². The summed E-state index contributed by atoms with van der Waals surface area (Å²) in [6.45, 7) is 0.917. The van der Waals surface area contributed by atoms with Gasteiger partial charge in [0.1, 0.15) is 0 Å². The molecule has 0 atom stereocenters. The molecule has 27 heavy (non-hydrogen) atoms. The van der Waals surface area contributed by atoms with Crippen molar-refractivity contribution in [2.24, 2.45) is 0 Å². The molecule has 1 aliphatic rings. The molecule has 2 aromatic carbocycles. The first-order valence-corrected chi connectivity index (χ1v) is 10.4. The zero-order chi connectivity index (χ0) is 19.6. The second-order valence-corrected chi connectivity index (χ2v) is 8.42. The number of fused-ring (bicyclic) bond motifs is 1. The van der Waals surface area contributed by atoms with Crippen LogP contribution in [0.15, 0.2) is 42.5 Å². The summed E-state index contributed by atoms with van der Waals surface area (Å²) in [6, 6.07) is 10.7. The van der Waals surface area contributed by atoms with Gasteiger partial charge in [-0.1, -0.05) is 24.3 Å². The summed E-state index contributed by atoms with van der Waals surface area (Å²) < 4.78 is 51.7. The molecule has 0 aromatic heterocycles. The highest BCUT2D eigenvalue weighted by Gasteiger charge is 2.24. The van der Waals surface area contributed by atoms with E-state index in [1.165, 1.54) is 11.6 Å². The molecule has 0 radical (unpaired) electrons. The van der Waals surface area contributed by atoms with Gasteiger partial charge in [-0.3, -0.25) is 9.10 Å². The number of hydrogen-bond acceptors (Lipinski definition) is 3. The predicted molar refractivity (Wildman–Crippen MR) is 98.7 cm³/mol. The van der Waals surface area contributed by atoms with Crippen LogP contribution in [0.3, 0.4) is 0 Å². The van der Waals surface area contributed by atoms with Gasteiger partial charge in [-0.05, 0) is 29.7 Å². The molecule has 5 nitrogen and oxygen atoms in total. The maximum atomic E-state index is 13.5. The molecule has 0 saturated carbocycles. The van der Waals surface area contributed by atoms with Crippen LogP contribution in [0.25, 0.3) is 0 Å². The van der Waals surface area contributed by atoms with Crippen LogP contribution in [0.2, 0.25) is 0 Å². The Morgan fingerprint density at radius 1 is 1.11 bits per heavy atom. The molecule has 1 aliphatic heterocycles. The van der Waals surface area contributed by atoms with Crippen molar-refractivity contribution in [1.29, 1.82) is 0 Å². The largest absolute Gasteiger partial charge is 0.338 e. The molecule has 1 heterocycles. The van der Waals surface area contributed by atoms with E-state index < -0.39 is 21.7 Å². The third-order valence-electron chi connectivity index (χ3n) is 4.60. The average molecular weight is 394 g/mol. The topological polar surface area (TPSA) is 57.7 Å². The summed E-state index contributed by atoms with van der Waals surface area (Å²) in [5.74, 6) is -2.38. The van der Waals surface area contributed by atoms with Gasteiger partial charge in [0.25, 0.3) is 0 Å². The van der Waals surface area contributed by atoms with Crippen LogP contribution in [-0.4, -0.2) is 38.6 Å². The summed E-state index contributed by atoms with van der Waals surface area (Å²) in [5.41, 5.74) is 2.28. The minimum absolute atomic E-state index is 0.00631. The molecule has 144 valence electrons. The van der Waals surface area contributed by atoms with E-state index in [0.717, 1.165) is 34.7 Å². The van der Waals surface area contributed by atoms with Crippen molar-refractivity contribution in [3.63, 3.8) is 0 Å². The van der Waals surface area contributed by atoms with Crippen molar-refractivity contribution in [2.45, 2.75) is 19.4 Å². The second kappa shape index (κ2) is 7.64. The fourth-order valence-electron chi connectivity index (χ4n) is 3.19. The predicted octanol–water partition coefficient (Wildman–Crippen LogP) is 2.71. The summed E-state index contributed by atoms with van der Waals surface area (Å²) in [4.78, 5) is 14.3. The molecule has 0 spiro atoms. The molecular formula is C19H20F2N2O3S. The first-order chi connectivity index (χ1) is 12.8. The Kier molecular flexibility index (Phi) is 5.46. The Hall–Kier alpha value is -2.48. The smallest absolute Gasteiger partial charge is 0.232 e. The van der Waals surface area contributed by atoms with Crippen LogP contribution in [0, 0.1) is 11.6 Å². The van der Waals surface area contributed by atoms with Gasteiger partial charge in [-0.2, -0.15) is 0 Å². The summed E-state index contributed by atoms with van der Waals surface area (Å²) >= 11 is 0. The van der Waals surface area contributed by atoms with E-state index in [-0.39, 0.29) is 24.6 Å². The van der Waals surface area contributed by atoms with Crippen molar-refractivity contribution < 1.29 is 22.0 Å². The van der Waals surface area contributed by atoms with Gasteiger partial charge in [0.15, 0.2) is 11.6 Å². The van der Waals surface area contributed by atoms with Crippen molar-refractivity contribution in [2.75, 3.05) is 23.7 Å². The minimum Gasteiger partial charge on any atom is -0.338 e. The maximum Gasteiger partial charge on any atom is 0.232 e. The number of amides is 1. The van der Waals surface area contributed by atoms with Crippen LogP contribution in [-0.2, 0) is 27.8 Å². The highest BCUT2D eigenvalue weighted by Crippen LogP contribution is 2.22. The molecule has 0 bridgehead atoms. The maximum absolute atomic E-state index is 13.5. The third-order valence-corrected chi connectivity index (χ3v) is 5.80. The second-order valence-electron chi connectivity index (χ2n) is 6.52. The quantitative estimate of drug-likeness (QED) is 0.784. The van der Waals surface area contributed by atoms with Gasteiger partial charge in [-0.25, -0.2) is 17.2 Å².